The summed E-state index contributed by atoms with van der Waals surface area (Å²) in [5.41, 5.74) is 1.80. The van der Waals surface area contributed by atoms with E-state index in [1.54, 1.807) is 19.1 Å². The molecule has 2 nitrogen and oxygen atoms in total. The normalized spacial score (nSPS) is 9.77. The highest BCUT2D eigenvalue weighted by Crippen LogP contribution is 2.19. The molecule has 4 heteroatoms. The molecular formula is C9H6ClIO2. The van der Waals surface area contributed by atoms with Gasteiger partial charge in [0.05, 0.1) is 0 Å². The average molecular weight is 309 g/mol. The summed E-state index contributed by atoms with van der Waals surface area (Å²) < 4.78 is 0.699. The number of aldehydes is 1. The first-order chi connectivity index (χ1) is 6.06. The van der Waals surface area contributed by atoms with Gasteiger partial charge in [-0.25, -0.2) is 0 Å². The number of hydrogen-bond donors (Lipinski definition) is 0. The molecule has 68 valence electrons. The van der Waals surface area contributed by atoms with Gasteiger partial charge in [-0.15, -0.1) is 0 Å². The molecule has 0 radical (unpaired) electrons. The molecule has 0 fully saturated rings. The molecule has 0 atom stereocenters. The van der Waals surface area contributed by atoms with E-state index in [-0.39, 0.29) is 0 Å². The van der Waals surface area contributed by atoms with Crippen molar-refractivity contribution in [2.45, 2.75) is 6.92 Å². The van der Waals surface area contributed by atoms with Gasteiger partial charge in [0, 0.05) is 14.7 Å². The molecule has 0 heterocycles. The van der Waals surface area contributed by atoms with Crippen LogP contribution in [0.15, 0.2) is 12.1 Å². The van der Waals surface area contributed by atoms with Crippen LogP contribution >= 0.6 is 34.2 Å². The zero-order chi connectivity index (χ0) is 10.0. The lowest BCUT2D eigenvalue weighted by molar-refractivity contribution is 0.107. The Morgan fingerprint density at radius 1 is 1.54 bits per heavy atom. The van der Waals surface area contributed by atoms with Gasteiger partial charge in [-0.1, -0.05) is 0 Å². The number of hydrogen-bond acceptors (Lipinski definition) is 2. The van der Waals surface area contributed by atoms with Crippen LogP contribution in [-0.4, -0.2) is 11.5 Å². The lowest BCUT2D eigenvalue weighted by atomic mass is 10.1. The third-order valence-electron chi connectivity index (χ3n) is 1.69. The summed E-state index contributed by atoms with van der Waals surface area (Å²) in [5, 5.41) is -0.495. The second-order valence-corrected chi connectivity index (χ2v) is 4.09. The van der Waals surface area contributed by atoms with E-state index in [0.29, 0.717) is 14.7 Å². The van der Waals surface area contributed by atoms with Gasteiger partial charge in [-0.2, -0.15) is 0 Å². The lowest BCUT2D eigenvalue weighted by Crippen LogP contribution is -1.97. The van der Waals surface area contributed by atoms with Crippen LogP contribution in [0, 0.1) is 10.5 Å². The number of carbonyl (C=O) groups excluding carboxylic acids is 2. The molecule has 0 N–H and O–H groups in total. The molecule has 0 aliphatic carbocycles. The number of carbonyl (C=O) groups is 2. The Bertz CT molecular complexity index is 374. The first kappa shape index (κ1) is 10.7. The fourth-order valence-electron chi connectivity index (χ4n) is 0.974. The Balaban J connectivity index is 3.36. The van der Waals surface area contributed by atoms with E-state index in [0.717, 1.165) is 11.8 Å². The van der Waals surface area contributed by atoms with Gasteiger partial charge in [0.1, 0.15) is 6.29 Å². The van der Waals surface area contributed by atoms with Crippen molar-refractivity contribution in [3.05, 3.63) is 32.4 Å². The van der Waals surface area contributed by atoms with E-state index in [9.17, 15) is 9.59 Å². The van der Waals surface area contributed by atoms with Crippen LogP contribution in [0.3, 0.4) is 0 Å². The molecule has 0 unspecified atom stereocenters. The predicted molar refractivity (Wildman–Crippen MR) is 59.5 cm³/mol. The van der Waals surface area contributed by atoms with E-state index in [2.05, 4.69) is 0 Å². The Hall–Kier alpha value is -0.420. The number of benzene rings is 1. The Kier molecular flexibility index (Phi) is 3.44. The monoisotopic (exact) mass is 308 g/mol. The SMILES string of the molecule is Cc1cc(C(=O)Cl)c(I)cc1C=O. The second kappa shape index (κ2) is 4.19. The summed E-state index contributed by atoms with van der Waals surface area (Å²) in [5.74, 6) is 0. The highest BCUT2D eigenvalue weighted by Gasteiger charge is 2.09. The van der Waals surface area contributed by atoms with Gasteiger partial charge in [-0.05, 0) is 58.8 Å². The zero-order valence-electron chi connectivity index (χ0n) is 6.80. The summed E-state index contributed by atoms with van der Waals surface area (Å²) in [6, 6.07) is 3.28. The van der Waals surface area contributed by atoms with Gasteiger partial charge in [-0.3, -0.25) is 9.59 Å². The predicted octanol–water partition coefficient (Wildman–Crippen LogP) is 2.79. The maximum absolute atomic E-state index is 10.9. The van der Waals surface area contributed by atoms with Crippen molar-refractivity contribution in [3.63, 3.8) is 0 Å². The third kappa shape index (κ3) is 2.28. The molecule has 0 saturated carbocycles. The maximum Gasteiger partial charge on any atom is 0.253 e. The van der Waals surface area contributed by atoms with Crippen LogP contribution in [0.5, 0.6) is 0 Å². The van der Waals surface area contributed by atoms with E-state index in [1.807, 2.05) is 22.6 Å². The summed E-state index contributed by atoms with van der Waals surface area (Å²) in [6.45, 7) is 1.77. The molecule has 0 aromatic heterocycles. The highest BCUT2D eigenvalue weighted by atomic mass is 127. The Labute approximate surface area is 94.4 Å². The Morgan fingerprint density at radius 3 is 2.62 bits per heavy atom. The minimum atomic E-state index is -0.495. The molecule has 0 saturated heterocycles. The topological polar surface area (TPSA) is 34.1 Å². The maximum atomic E-state index is 10.9. The van der Waals surface area contributed by atoms with Crippen molar-refractivity contribution in [1.29, 1.82) is 0 Å². The first-order valence-electron chi connectivity index (χ1n) is 3.51. The highest BCUT2D eigenvalue weighted by molar-refractivity contribution is 14.1. The minimum Gasteiger partial charge on any atom is -0.298 e. The van der Waals surface area contributed by atoms with Crippen molar-refractivity contribution in [3.8, 4) is 0 Å². The third-order valence-corrected chi connectivity index (χ3v) is 2.79. The van der Waals surface area contributed by atoms with E-state index in [4.69, 9.17) is 11.6 Å². The molecule has 0 bridgehead atoms. The van der Waals surface area contributed by atoms with E-state index >= 15 is 0 Å². The fourth-order valence-corrected chi connectivity index (χ4v) is 2.03. The largest absolute Gasteiger partial charge is 0.298 e. The van der Waals surface area contributed by atoms with Crippen molar-refractivity contribution < 1.29 is 9.59 Å². The van der Waals surface area contributed by atoms with Crippen LogP contribution in [0.4, 0.5) is 0 Å². The van der Waals surface area contributed by atoms with E-state index < -0.39 is 5.24 Å². The van der Waals surface area contributed by atoms with Gasteiger partial charge < -0.3 is 0 Å². The zero-order valence-corrected chi connectivity index (χ0v) is 9.72. The molecule has 1 aromatic rings. The van der Waals surface area contributed by atoms with Crippen molar-refractivity contribution in [2.75, 3.05) is 0 Å². The van der Waals surface area contributed by atoms with Crippen LogP contribution < -0.4 is 0 Å². The van der Waals surface area contributed by atoms with Gasteiger partial charge >= 0.3 is 0 Å². The fraction of sp³-hybridized carbons (Fsp3) is 0.111. The smallest absolute Gasteiger partial charge is 0.253 e. The second-order valence-electron chi connectivity index (χ2n) is 2.58. The minimum absolute atomic E-state index is 0.449. The average Bonchev–Trinajstić information content (AvgIpc) is 2.07. The summed E-state index contributed by atoms with van der Waals surface area (Å²) in [7, 11) is 0. The molecular weight excluding hydrogens is 302 g/mol. The summed E-state index contributed by atoms with van der Waals surface area (Å²) >= 11 is 7.32. The lowest BCUT2D eigenvalue weighted by Gasteiger charge is -2.03. The van der Waals surface area contributed by atoms with Gasteiger partial charge in [0.15, 0.2) is 0 Å². The van der Waals surface area contributed by atoms with Crippen LogP contribution in [0.25, 0.3) is 0 Å². The summed E-state index contributed by atoms with van der Waals surface area (Å²) in [6.07, 6.45) is 0.764. The molecule has 13 heavy (non-hydrogen) atoms. The molecule has 1 rings (SSSR count). The molecule has 1 aromatic carbocycles. The first-order valence-corrected chi connectivity index (χ1v) is 4.97. The van der Waals surface area contributed by atoms with Gasteiger partial charge in [0.2, 0.25) is 0 Å². The van der Waals surface area contributed by atoms with E-state index in [1.165, 1.54) is 0 Å². The molecule has 0 aliphatic heterocycles. The van der Waals surface area contributed by atoms with Crippen LogP contribution in [-0.2, 0) is 0 Å². The van der Waals surface area contributed by atoms with Crippen molar-refractivity contribution in [1.82, 2.24) is 0 Å². The number of aryl methyl sites for hydroxylation is 1. The molecule has 0 spiro atoms. The van der Waals surface area contributed by atoms with Gasteiger partial charge in [0.25, 0.3) is 5.24 Å². The van der Waals surface area contributed by atoms with Crippen molar-refractivity contribution in [2.24, 2.45) is 0 Å². The Morgan fingerprint density at radius 2 is 2.15 bits per heavy atom. The number of rotatable bonds is 2. The quantitative estimate of drug-likeness (QED) is 0.478. The standard InChI is InChI=1S/C9H6ClIO2/c1-5-2-7(9(10)13)8(11)3-6(5)4-12/h2-4H,1H3. The summed E-state index contributed by atoms with van der Waals surface area (Å²) in [4.78, 5) is 21.4. The number of halogens is 2. The van der Waals surface area contributed by atoms with Crippen LogP contribution in [0.1, 0.15) is 26.3 Å². The molecule has 0 amide bonds. The molecule has 0 aliphatic rings. The van der Waals surface area contributed by atoms with Crippen molar-refractivity contribution >= 4 is 45.7 Å². The van der Waals surface area contributed by atoms with Crippen LogP contribution in [0.2, 0.25) is 0 Å².